The van der Waals surface area contributed by atoms with Gasteiger partial charge in [0.2, 0.25) is 11.8 Å². The van der Waals surface area contributed by atoms with E-state index >= 15 is 0 Å². The molecule has 2 rings (SSSR count). The number of carbonyl (C=O) groups is 2. The molecule has 1 saturated carbocycles. The number of nitrogens with zero attached hydrogens (tertiary/aromatic N) is 3. The number of hydrogen-bond donors (Lipinski definition) is 1. The standard InChI is InChI=1S/C14H21N3O4/c1-2-17(9-13(19)20)12(18)8-7-11-15-14(16-21-11)10-5-3-4-6-10/h10H,2-9H2,1H3,(H,19,20). The van der Waals surface area contributed by atoms with Crippen molar-refractivity contribution in [1.82, 2.24) is 15.0 Å². The number of likely N-dealkylation sites (N-methyl/N-ethyl adjacent to an activating group) is 1. The van der Waals surface area contributed by atoms with Crippen LogP contribution < -0.4 is 0 Å². The predicted molar refractivity (Wildman–Crippen MR) is 73.7 cm³/mol. The van der Waals surface area contributed by atoms with Crippen LogP contribution >= 0.6 is 0 Å². The maximum atomic E-state index is 11.9. The van der Waals surface area contributed by atoms with E-state index in [9.17, 15) is 9.59 Å². The summed E-state index contributed by atoms with van der Waals surface area (Å²) in [6, 6.07) is 0. The molecule has 116 valence electrons. The maximum Gasteiger partial charge on any atom is 0.323 e. The molecule has 0 saturated heterocycles. The van der Waals surface area contributed by atoms with Gasteiger partial charge in [0.15, 0.2) is 5.82 Å². The normalized spacial score (nSPS) is 15.3. The van der Waals surface area contributed by atoms with Gasteiger partial charge in [0.05, 0.1) is 0 Å². The quantitative estimate of drug-likeness (QED) is 0.820. The average molecular weight is 295 g/mol. The summed E-state index contributed by atoms with van der Waals surface area (Å²) in [6.45, 7) is 1.86. The minimum absolute atomic E-state index is 0.188. The first kappa shape index (κ1) is 15.5. The molecule has 1 aromatic rings. The van der Waals surface area contributed by atoms with Crippen molar-refractivity contribution in [3.63, 3.8) is 0 Å². The molecular formula is C14H21N3O4. The Labute approximate surface area is 123 Å². The maximum absolute atomic E-state index is 11.9. The molecule has 21 heavy (non-hydrogen) atoms. The van der Waals surface area contributed by atoms with Crippen molar-refractivity contribution in [3.8, 4) is 0 Å². The monoisotopic (exact) mass is 295 g/mol. The molecular weight excluding hydrogens is 274 g/mol. The minimum Gasteiger partial charge on any atom is -0.480 e. The number of aliphatic carboxylic acids is 1. The summed E-state index contributed by atoms with van der Waals surface area (Å²) >= 11 is 0. The van der Waals surface area contributed by atoms with E-state index in [0.717, 1.165) is 18.7 Å². The van der Waals surface area contributed by atoms with Crippen molar-refractivity contribution in [2.24, 2.45) is 0 Å². The lowest BCUT2D eigenvalue weighted by atomic mass is 10.1. The van der Waals surface area contributed by atoms with E-state index in [1.165, 1.54) is 17.7 Å². The Morgan fingerprint density at radius 2 is 2.10 bits per heavy atom. The third-order valence-electron chi connectivity index (χ3n) is 3.82. The van der Waals surface area contributed by atoms with Crippen LogP contribution in [0, 0.1) is 0 Å². The lowest BCUT2D eigenvalue weighted by Gasteiger charge is -2.17. The Morgan fingerprint density at radius 3 is 2.71 bits per heavy atom. The fraction of sp³-hybridized carbons (Fsp3) is 0.714. The van der Waals surface area contributed by atoms with Gasteiger partial charge in [0.1, 0.15) is 6.54 Å². The van der Waals surface area contributed by atoms with Crippen LogP contribution in [0.3, 0.4) is 0 Å². The van der Waals surface area contributed by atoms with Gasteiger partial charge in [-0.15, -0.1) is 0 Å². The van der Waals surface area contributed by atoms with E-state index in [1.807, 2.05) is 0 Å². The second-order valence-corrected chi connectivity index (χ2v) is 5.33. The molecule has 0 radical (unpaired) electrons. The first-order chi connectivity index (χ1) is 10.1. The van der Waals surface area contributed by atoms with E-state index in [2.05, 4.69) is 10.1 Å². The highest BCUT2D eigenvalue weighted by Crippen LogP contribution is 2.32. The summed E-state index contributed by atoms with van der Waals surface area (Å²) in [5.74, 6) is 0.369. The van der Waals surface area contributed by atoms with Crippen LogP contribution in [0.15, 0.2) is 4.52 Å². The zero-order valence-corrected chi connectivity index (χ0v) is 12.2. The SMILES string of the molecule is CCN(CC(=O)O)C(=O)CCc1nc(C2CCCC2)no1. The van der Waals surface area contributed by atoms with Gasteiger partial charge in [-0.25, -0.2) is 0 Å². The van der Waals surface area contributed by atoms with Crippen LogP contribution in [0.4, 0.5) is 0 Å². The number of aromatic nitrogens is 2. The van der Waals surface area contributed by atoms with Crippen LogP contribution in [0.25, 0.3) is 0 Å². The minimum atomic E-state index is -1.01. The van der Waals surface area contributed by atoms with E-state index in [-0.39, 0.29) is 18.9 Å². The molecule has 0 aliphatic heterocycles. The Kier molecular flexibility index (Phi) is 5.30. The van der Waals surface area contributed by atoms with Gasteiger partial charge >= 0.3 is 5.97 Å². The highest BCUT2D eigenvalue weighted by Gasteiger charge is 2.23. The van der Waals surface area contributed by atoms with E-state index in [4.69, 9.17) is 9.63 Å². The largest absolute Gasteiger partial charge is 0.480 e. The van der Waals surface area contributed by atoms with E-state index < -0.39 is 5.97 Å². The van der Waals surface area contributed by atoms with Crippen molar-refractivity contribution in [2.75, 3.05) is 13.1 Å². The molecule has 1 aliphatic carbocycles. The average Bonchev–Trinajstić information content (AvgIpc) is 3.12. The van der Waals surface area contributed by atoms with Gasteiger partial charge < -0.3 is 14.5 Å². The molecule has 1 aromatic heterocycles. The van der Waals surface area contributed by atoms with Crippen molar-refractivity contribution < 1.29 is 19.2 Å². The first-order valence-corrected chi connectivity index (χ1v) is 7.42. The molecule has 7 nitrogen and oxygen atoms in total. The molecule has 1 fully saturated rings. The lowest BCUT2D eigenvalue weighted by molar-refractivity contribution is -0.144. The van der Waals surface area contributed by atoms with Crippen LogP contribution in [-0.2, 0) is 16.0 Å². The second-order valence-electron chi connectivity index (χ2n) is 5.33. The van der Waals surface area contributed by atoms with Crippen molar-refractivity contribution in [3.05, 3.63) is 11.7 Å². The van der Waals surface area contributed by atoms with Gasteiger partial charge in [0, 0.05) is 25.3 Å². The van der Waals surface area contributed by atoms with Crippen LogP contribution in [0.1, 0.15) is 56.7 Å². The molecule has 7 heteroatoms. The third-order valence-corrected chi connectivity index (χ3v) is 3.82. The van der Waals surface area contributed by atoms with Crippen molar-refractivity contribution in [1.29, 1.82) is 0 Å². The summed E-state index contributed by atoms with van der Waals surface area (Å²) in [6.07, 6.45) is 5.14. The number of carboxylic acids is 1. The number of aryl methyl sites for hydroxylation is 1. The highest BCUT2D eigenvalue weighted by atomic mass is 16.5. The third kappa shape index (κ3) is 4.27. The number of carboxylic acid groups (broad SMARTS) is 1. The van der Waals surface area contributed by atoms with E-state index in [1.54, 1.807) is 6.92 Å². The number of rotatable bonds is 7. The number of hydrogen-bond acceptors (Lipinski definition) is 5. The van der Waals surface area contributed by atoms with Gasteiger partial charge in [-0.3, -0.25) is 9.59 Å². The Balaban J connectivity index is 1.84. The topological polar surface area (TPSA) is 96.5 Å². The highest BCUT2D eigenvalue weighted by molar-refractivity contribution is 5.81. The molecule has 1 N–H and O–H groups in total. The fourth-order valence-corrected chi connectivity index (χ4v) is 2.63. The van der Waals surface area contributed by atoms with Crippen molar-refractivity contribution >= 4 is 11.9 Å². The zero-order chi connectivity index (χ0) is 15.2. The molecule has 0 spiro atoms. The fourth-order valence-electron chi connectivity index (χ4n) is 2.63. The van der Waals surface area contributed by atoms with Gasteiger partial charge in [-0.1, -0.05) is 18.0 Å². The summed E-state index contributed by atoms with van der Waals surface area (Å²) < 4.78 is 5.17. The van der Waals surface area contributed by atoms with Crippen LogP contribution in [-0.4, -0.2) is 45.1 Å². The molecule has 1 amide bonds. The summed E-state index contributed by atoms with van der Waals surface area (Å²) in [5.41, 5.74) is 0. The number of carbonyl (C=O) groups excluding carboxylic acids is 1. The Hall–Kier alpha value is -1.92. The van der Waals surface area contributed by atoms with Gasteiger partial charge in [0.25, 0.3) is 0 Å². The van der Waals surface area contributed by atoms with Crippen LogP contribution in [0.2, 0.25) is 0 Å². The second kappa shape index (κ2) is 7.19. The van der Waals surface area contributed by atoms with Crippen LogP contribution in [0.5, 0.6) is 0 Å². The van der Waals surface area contributed by atoms with E-state index in [0.29, 0.717) is 24.8 Å². The number of amides is 1. The molecule has 0 unspecified atom stereocenters. The van der Waals surface area contributed by atoms with Crippen molar-refractivity contribution in [2.45, 2.75) is 51.4 Å². The lowest BCUT2D eigenvalue weighted by Crippen LogP contribution is -2.35. The van der Waals surface area contributed by atoms with Gasteiger partial charge in [-0.05, 0) is 19.8 Å². The smallest absolute Gasteiger partial charge is 0.323 e. The molecule has 1 heterocycles. The predicted octanol–water partition coefficient (Wildman–Crippen LogP) is 1.59. The van der Waals surface area contributed by atoms with Gasteiger partial charge in [-0.2, -0.15) is 4.98 Å². The summed E-state index contributed by atoms with van der Waals surface area (Å²) in [7, 11) is 0. The molecule has 0 aromatic carbocycles. The molecule has 1 aliphatic rings. The Bertz CT molecular complexity index is 494. The summed E-state index contributed by atoms with van der Waals surface area (Å²) in [5, 5.41) is 12.7. The Morgan fingerprint density at radius 1 is 1.38 bits per heavy atom. The summed E-state index contributed by atoms with van der Waals surface area (Å²) in [4.78, 5) is 28.2. The molecule has 0 bridgehead atoms. The first-order valence-electron chi connectivity index (χ1n) is 7.42. The molecule has 0 atom stereocenters. The zero-order valence-electron chi connectivity index (χ0n) is 12.2.